The van der Waals surface area contributed by atoms with Crippen LogP contribution in [0, 0.1) is 0 Å². The van der Waals surface area contributed by atoms with Crippen molar-refractivity contribution in [2.45, 2.75) is 37.4 Å². The number of carboxylic acid groups (broad SMARTS) is 1. The van der Waals surface area contributed by atoms with Gasteiger partial charge in [0.2, 0.25) is 17.7 Å². The molecule has 3 atom stereocenters. The van der Waals surface area contributed by atoms with Crippen molar-refractivity contribution in [1.29, 1.82) is 0 Å². The Labute approximate surface area is 206 Å². The number of aliphatic hydroxyl groups excluding tert-OH is 1. The summed E-state index contributed by atoms with van der Waals surface area (Å²) in [6, 6.07) is 3.94. The lowest BCUT2D eigenvalue weighted by Crippen LogP contribution is -2.54. The number of nitrogens with two attached hydrogens (primary N) is 3. The van der Waals surface area contributed by atoms with Gasteiger partial charge in [0, 0.05) is 23.6 Å². The zero-order chi connectivity index (χ0) is 26.7. The number of H-pyrrole nitrogens is 1. The first kappa shape index (κ1) is 28.1. The maximum absolute atomic E-state index is 12.5. The van der Waals surface area contributed by atoms with Crippen LogP contribution in [-0.2, 0) is 25.6 Å². The lowest BCUT2D eigenvalue weighted by Gasteiger charge is -2.21. The molecule has 0 spiro atoms. The molecular formula is C22H32N8O6. The van der Waals surface area contributed by atoms with Crippen LogP contribution in [0.15, 0.2) is 35.5 Å². The van der Waals surface area contributed by atoms with Crippen LogP contribution in [0.25, 0.3) is 10.9 Å². The minimum atomic E-state index is -1.54. The molecule has 2 aromatic rings. The van der Waals surface area contributed by atoms with Crippen LogP contribution in [-0.4, -0.2) is 82.7 Å². The van der Waals surface area contributed by atoms with Crippen LogP contribution in [0.4, 0.5) is 0 Å². The topological polar surface area (TPSA) is 251 Å². The summed E-state index contributed by atoms with van der Waals surface area (Å²) in [4.78, 5) is 55.4. The van der Waals surface area contributed by atoms with E-state index in [4.69, 9.17) is 27.4 Å². The summed E-state index contributed by atoms with van der Waals surface area (Å²) in [5.74, 6) is -3.65. The van der Waals surface area contributed by atoms with E-state index in [1.165, 1.54) is 0 Å². The van der Waals surface area contributed by atoms with Crippen molar-refractivity contribution in [2.75, 3.05) is 19.7 Å². The maximum atomic E-state index is 12.5. The van der Waals surface area contributed by atoms with E-state index >= 15 is 0 Å². The third-order valence-electron chi connectivity index (χ3n) is 5.27. The number of nitrogens with one attached hydrogen (secondary N) is 4. The van der Waals surface area contributed by atoms with E-state index in [1.54, 1.807) is 6.20 Å². The number of para-hydroxylation sites is 1. The Hall–Kier alpha value is -4.17. The summed E-state index contributed by atoms with van der Waals surface area (Å²) in [6.07, 6.45) is 2.37. The molecule has 1 aromatic heterocycles. The maximum Gasteiger partial charge on any atom is 0.328 e. The molecule has 12 N–H and O–H groups in total. The highest BCUT2D eigenvalue weighted by Gasteiger charge is 2.26. The fraction of sp³-hybridized carbons (Fsp3) is 0.409. The van der Waals surface area contributed by atoms with E-state index in [-0.39, 0.29) is 31.8 Å². The monoisotopic (exact) mass is 504 g/mol. The molecule has 3 amide bonds. The summed E-state index contributed by atoms with van der Waals surface area (Å²) in [6.45, 7) is -1.12. The quantitative estimate of drug-likeness (QED) is 0.0733. The average Bonchev–Trinajstić information content (AvgIpc) is 3.24. The summed E-state index contributed by atoms with van der Waals surface area (Å²) >= 11 is 0. The number of amides is 3. The van der Waals surface area contributed by atoms with Gasteiger partial charge in [0.25, 0.3) is 0 Å². The van der Waals surface area contributed by atoms with Crippen LogP contribution < -0.4 is 33.2 Å². The molecule has 0 saturated carbocycles. The van der Waals surface area contributed by atoms with Crippen LogP contribution >= 0.6 is 0 Å². The van der Waals surface area contributed by atoms with Crippen molar-refractivity contribution in [2.24, 2.45) is 22.2 Å². The van der Waals surface area contributed by atoms with Gasteiger partial charge in [-0.15, -0.1) is 0 Å². The molecule has 14 heteroatoms. The molecular weight excluding hydrogens is 472 g/mol. The van der Waals surface area contributed by atoms with Crippen LogP contribution in [0.3, 0.4) is 0 Å². The smallest absolute Gasteiger partial charge is 0.328 e. The lowest BCUT2D eigenvalue weighted by molar-refractivity contribution is -0.143. The molecule has 2 rings (SSSR count). The van der Waals surface area contributed by atoms with E-state index in [2.05, 4.69) is 25.9 Å². The van der Waals surface area contributed by atoms with Gasteiger partial charge in [-0.3, -0.25) is 19.4 Å². The lowest BCUT2D eigenvalue weighted by atomic mass is 10.1. The number of hydrogen-bond donors (Lipinski definition) is 9. The van der Waals surface area contributed by atoms with Gasteiger partial charge in [-0.1, -0.05) is 18.2 Å². The van der Waals surface area contributed by atoms with E-state index in [9.17, 15) is 19.2 Å². The normalized spacial score (nSPS) is 13.3. The van der Waals surface area contributed by atoms with E-state index in [1.807, 2.05) is 24.3 Å². The first-order valence-corrected chi connectivity index (χ1v) is 11.2. The number of rotatable bonds is 14. The number of aromatic nitrogens is 1. The number of hydrogen-bond acceptors (Lipinski definition) is 7. The number of carboxylic acids is 1. The molecule has 0 radical (unpaired) electrons. The number of carbonyl (C=O) groups is 4. The number of aliphatic imine (C=N–C) groups is 1. The highest BCUT2D eigenvalue weighted by atomic mass is 16.4. The molecule has 196 valence electrons. The summed E-state index contributed by atoms with van der Waals surface area (Å²) < 4.78 is 0. The Morgan fingerprint density at radius 2 is 1.78 bits per heavy atom. The minimum Gasteiger partial charge on any atom is -0.480 e. The van der Waals surface area contributed by atoms with Gasteiger partial charge in [-0.25, -0.2) is 4.79 Å². The minimum absolute atomic E-state index is 0.0696. The SMILES string of the molecule is NC(N)=NCCCC(NC(=O)CNC(=O)C(N)Cc1c[nH]c2ccccc12)C(=O)NC(CO)C(=O)O. The zero-order valence-corrected chi connectivity index (χ0v) is 19.6. The van der Waals surface area contributed by atoms with Gasteiger partial charge < -0.3 is 48.3 Å². The molecule has 0 bridgehead atoms. The number of guanidine groups is 1. The molecule has 0 aliphatic rings. The predicted molar refractivity (Wildman–Crippen MR) is 131 cm³/mol. The standard InChI is InChI=1S/C22H32N8O6/c23-14(8-12-9-27-15-5-2-1-4-13(12)15)19(33)28-10-18(32)29-16(6-3-7-26-22(24)25)20(34)30-17(11-31)21(35)36/h1-2,4-5,9,14,16-17,27,31H,3,6-8,10-11,23H2,(H,28,33)(H,29,32)(H,30,34)(H,35,36)(H4,24,25,26). The Balaban J connectivity index is 1.92. The molecule has 3 unspecified atom stereocenters. The number of aromatic amines is 1. The molecule has 14 nitrogen and oxygen atoms in total. The largest absolute Gasteiger partial charge is 0.480 e. The molecule has 0 aliphatic heterocycles. The third kappa shape index (κ3) is 8.56. The average molecular weight is 505 g/mol. The fourth-order valence-corrected chi connectivity index (χ4v) is 3.40. The third-order valence-corrected chi connectivity index (χ3v) is 5.27. The van der Waals surface area contributed by atoms with Crippen LogP contribution in [0.5, 0.6) is 0 Å². The summed E-state index contributed by atoms with van der Waals surface area (Å²) in [7, 11) is 0. The second-order valence-electron chi connectivity index (χ2n) is 8.04. The van der Waals surface area contributed by atoms with E-state index < -0.39 is 55.0 Å². The highest BCUT2D eigenvalue weighted by molar-refractivity contribution is 5.93. The van der Waals surface area contributed by atoms with Crippen molar-refractivity contribution >= 4 is 40.6 Å². The van der Waals surface area contributed by atoms with Gasteiger partial charge in [0.15, 0.2) is 5.96 Å². The van der Waals surface area contributed by atoms with Crippen LogP contribution in [0.2, 0.25) is 0 Å². The van der Waals surface area contributed by atoms with Gasteiger partial charge >= 0.3 is 5.97 Å². The number of nitrogens with zero attached hydrogens (tertiary/aromatic N) is 1. The molecule has 36 heavy (non-hydrogen) atoms. The Morgan fingerprint density at radius 3 is 2.44 bits per heavy atom. The Kier molecular flexibility index (Phi) is 10.6. The van der Waals surface area contributed by atoms with Gasteiger partial charge in [0.1, 0.15) is 12.1 Å². The second kappa shape index (κ2) is 13.7. The Morgan fingerprint density at radius 1 is 1.06 bits per heavy atom. The summed E-state index contributed by atoms with van der Waals surface area (Å²) in [5, 5.41) is 26.1. The van der Waals surface area contributed by atoms with Gasteiger partial charge in [0.05, 0.1) is 19.2 Å². The van der Waals surface area contributed by atoms with E-state index in [0.29, 0.717) is 0 Å². The highest BCUT2D eigenvalue weighted by Crippen LogP contribution is 2.18. The number of benzene rings is 1. The molecule has 0 saturated heterocycles. The van der Waals surface area contributed by atoms with Crippen molar-refractivity contribution in [3.63, 3.8) is 0 Å². The molecule has 1 heterocycles. The number of carbonyl (C=O) groups excluding carboxylic acids is 3. The number of aliphatic hydroxyl groups is 1. The zero-order valence-electron chi connectivity index (χ0n) is 19.6. The van der Waals surface area contributed by atoms with Crippen LogP contribution in [0.1, 0.15) is 18.4 Å². The molecule has 0 fully saturated rings. The van der Waals surface area contributed by atoms with Crippen molar-refractivity contribution in [3.05, 3.63) is 36.0 Å². The summed E-state index contributed by atoms with van der Waals surface area (Å²) in [5.41, 5.74) is 18.3. The Bertz CT molecular complexity index is 1100. The van der Waals surface area contributed by atoms with E-state index in [0.717, 1.165) is 16.5 Å². The number of aliphatic carboxylic acids is 1. The van der Waals surface area contributed by atoms with Gasteiger partial charge in [-0.2, -0.15) is 0 Å². The second-order valence-corrected chi connectivity index (χ2v) is 8.04. The molecule has 0 aliphatic carbocycles. The van der Waals surface area contributed by atoms with Crippen molar-refractivity contribution in [1.82, 2.24) is 20.9 Å². The molecule has 1 aromatic carbocycles. The van der Waals surface area contributed by atoms with Gasteiger partial charge in [-0.05, 0) is 30.9 Å². The fourth-order valence-electron chi connectivity index (χ4n) is 3.40. The first-order valence-electron chi connectivity index (χ1n) is 11.2. The predicted octanol–water partition coefficient (Wildman–Crippen LogP) is -2.75. The van der Waals surface area contributed by atoms with Crippen molar-refractivity contribution in [3.8, 4) is 0 Å². The number of fused-ring (bicyclic) bond motifs is 1. The van der Waals surface area contributed by atoms with Crippen molar-refractivity contribution < 1.29 is 29.4 Å². The first-order chi connectivity index (χ1) is 17.1.